The Morgan fingerprint density at radius 3 is 2.68 bits per heavy atom. The topological polar surface area (TPSA) is 43.1 Å². The van der Waals surface area contributed by atoms with Crippen molar-refractivity contribution in [2.75, 3.05) is 5.73 Å². The van der Waals surface area contributed by atoms with Gasteiger partial charge in [0.2, 0.25) is 0 Å². The molecular formula is C15H16ClNOS. The predicted molar refractivity (Wildman–Crippen MR) is 82.3 cm³/mol. The number of ketones is 1. The normalized spacial score (nSPS) is 10.7. The molecule has 0 saturated carbocycles. The molecule has 0 spiro atoms. The van der Waals surface area contributed by atoms with Gasteiger partial charge < -0.3 is 5.73 Å². The van der Waals surface area contributed by atoms with Crippen molar-refractivity contribution in [1.82, 2.24) is 0 Å². The molecule has 0 aliphatic rings. The van der Waals surface area contributed by atoms with Crippen molar-refractivity contribution in [3.63, 3.8) is 0 Å². The molecule has 1 aromatic heterocycles. The molecule has 0 aliphatic carbocycles. The van der Waals surface area contributed by atoms with Crippen LogP contribution in [0.15, 0.2) is 24.3 Å². The maximum atomic E-state index is 12.6. The summed E-state index contributed by atoms with van der Waals surface area (Å²) in [5.74, 6) is -0.0841. The fraction of sp³-hybridized carbons (Fsp3) is 0.267. The number of anilines is 1. The number of hydrogen-bond acceptors (Lipinski definition) is 3. The van der Waals surface area contributed by atoms with Gasteiger partial charge in [-0.05, 0) is 31.0 Å². The number of thiophene rings is 1. The van der Waals surface area contributed by atoms with Gasteiger partial charge in [-0.25, -0.2) is 0 Å². The summed E-state index contributed by atoms with van der Waals surface area (Å²) in [4.78, 5) is 13.8. The van der Waals surface area contributed by atoms with Gasteiger partial charge in [0.15, 0.2) is 5.78 Å². The summed E-state index contributed by atoms with van der Waals surface area (Å²) in [5.41, 5.74) is 8.14. The second-order valence-corrected chi connectivity index (χ2v) is 5.99. The molecule has 19 heavy (non-hydrogen) atoms. The first-order valence-corrected chi connectivity index (χ1v) is 7.42. The summed E-state index contributed by atoms with van der Waals surface area (Å²) in [6.07, 6.45) is 2.00. The predicted octanol–water partition coefficient (Wildman–Crippen LogP) is 4.48. The van der Waals surface area contributed by atoms with Gasteiger partial charge in [0.05, 0.1) is 15.6 Å². The van der Waals surface area contributed by atoms with E-state index in [2.05, 4.69) is 6.92 Å². The van der Waals surface area contributed by atoms with E-state index in [9.17, 15) is 4.79 Å². The Kier molecular flexibility index (Phi) is 4.27. The molecule has 1 aromatic carbocycles. The average molecular weight is 294 g/mol. The molecule has 2 aromatic rings. The van der Waals surface area contributed by atoms with Gasteiger partial charge in [-0.3, -0.25) is 4.79 Å². The quantitative estimate of drug-likeness (QED) is 0.845. The zero-order valence-electron chi connectivity index (χ0n) is 11.0. The molecule has 2 N–H and O–H groups in total. The highest BCUT2D eigenvalue weighted by Crippen LogP contribution is 2.34. The van der Waals surface area contributed by atoms with Crippen LogP contribution >= 0.6 is 22.9 Å². The van der Waals surface area contributed by atoms with Crippen LogP contribution in [0.25, 0.3) is 0 Å². The Labute approximate surface area is 122 Å². The standard InChI is InChI=1S/C15H16ClNOS/c1-3-6-12-9(2)13(15(17)19-12)14(18)10-7-4-5-8-11(10)16/h4-5,7-8H,3,6,17H2,1-2H3. The molecule has 0 bridgehead atoms. The minimum absolute atomic E-state index is 0.0841. The van der Waals surface area contributed by atoms with E-state index in [4.69, 9.17) is 17.3 Å². The lowest BCUT2D eigenvalue weighted by Crippen LogP contribution is -2.05. The van der Waals surface area contributed by atoms with E-state index < -0.39 is 0 Å². The molecular weight excluding hydrogens is 278 g/mol. The third kappa shape index (κ3) is 2.67. The summed E-state index contributed by atoms with van der Waals surface area (Å²) in [7, 11) is 0. The number of aryl methyl sites for hydroxylation is 1. The third-order valence-corrected chi connectivity index (χ3v) is 4.61. The largest absolute Gasteiger partial charge is 0.390 e. The number of rotatable bonds is 4. The molecule has 2 rings (SSSR count). The number of halogens is 1. The Morgan fingerprint density at radius 1 is 1.37 bits per heavy atom. The highest BCUT2D eigenvalue weighted by molar-refractivity contribution is 7.16. The summed E-state index contributed by atoms with van der Waals surface area (Å²) >= 11 is 7.59. The fourth-order valence-corrected chi connectivity index (χ4v) is 3.51. The lowest BCUT2D eigenvalue weighted by molar-refractivity contribution is 0.103. The molecule has 0 fully saturated rings. The van der Waals surface area contributed by atoms with Crippen molar-refractivity contribution in [1.29, 1.82) is 0 Å². The van der Waals surface area contributed by atoms with Crippen molar-refractivity contribution in [2.45, 2.75) is 26.7 Å². The lowest BCUT2D eigenvalue weighted by Gasteiger charge is -2.04. The number of hydrogen-bond donors (Lipinski definition) is 1. The lowest BCUT2D eigenvalue weighted by atomic mass is 10.00. The van der Waals surface area contributed by atoms with Gasteiger partial charge in [0.1, 0.15) is 0 Å². The Morgan fingerprint density at radius 2 is 2.05 bits per heavy atom. The van der Waals surface area contributed by atoms with Crippen molar-refractivity contribution in [3.05, 3.63) is 50.9 Å². The first-order chi connectivity index (χ1) is 9.06. The molecule has 0 unspecified atom stereocenters. The van der Waals surface area contributed by atoms with Gasteiger partial charge >= 0.3 is 0 Å². The summed E-state index contributed by atoms with van der Waals surface area (Å²) in [6, 6.07) is 7.08. The second-order valence-electron chi connectivity index (χ2n) is 4.45. The number of carbonyl (C=O) groups excluding carboxylic acids is 1. The van der Waals surface area contributed by atoms with E-state index in [1.165, 1.54) is 16.2 Å². The molecule has 0 aliphatic heterocycles. The van der Waals surface area contributed by atoms with E-state index in [-0.39, 0.29) is 5.78 Å². The highest BCUT2D eigenvalue weighted by atomic mass is 35.5. The molecule has 4 heteroatoms. The molecule has 0 atom stereocenters. The Hall–Kier alpha value is -1.32. The van der Waals surface area contributed by atoms with Crippen LogP contribution in [-0.2, 0) is 6.42 Å². The summed E-state index contributed by atoms with van der Waals surface area (Å²) in [6.45, 7) is 4.08. The fourth-order valence-electron chi connectivity index (χ4n) is 2.11. The number of benzene rings is 1. The minimum atomic E-state index is -0.0841. The Bertz CT molecular complexity index is 619. The second kappa shape index (κ2) is 5.76. The van der Waals surface area contributed by atoms with Crippen LogP contribution in [0.4, 0.5) is 5.00 Å². The van der Waals surface area contributed by atoms with Crippen molar-refractivity contribution in [3.8, 4) is 0 Å². The van der Waals surface area contributed by atoms with Crippen molar-refractivity contribution >= 4 is 33.7 Å². The van der Waals surface area contributed by atoms with Crippen LogP contribution in [0.1, 0.15) is 39.7 Å². The first kappa shape index (κ1) is 14.1. The van der Waals surface area contributed by atoms with Gasteiger partial charge in [-0.15, -0.1) is 11.3 Å². The number of nitrogens with two attached hydrogens (primary N) is 1. The van der Waals surface area contributed by atoms with Crippen LogP contribution in [0.5, 0.6) is 0 Å². The molecule has 0 saturated heterocycles. The Balaban J connectivity index is 2.48. The zero-order chi connectivity index (χ0) is 14.0. The van der Waals surface area contributed by atoms with E-state index in [0.717, 1.165) is 18.4 Å². The van der Waals surface area contributed by atoms with E-state index in [1.807, 2.05) is 19.1 Å². The summed E-state index contributed by atoms with van der Waals surface area (Å²) in [5, 5.41) is 1.06. The first-order valence-electron chi connectivity index (χ1n) is 6.23. The molecule has 2 nitrogen and oxygen atoms in total. The monoisotopic (exact) mass is 293 g/mol. The minimum Gasteiger partial charge on any atom is -0.390 e. The van der Waals surface area contributed by atoms with Gasteiger partial charge in [-0.1, -0.05) is 37.1 Å². The zero-order valence-corrected chi connectivity index (χ0v) is 12.6. The third-order valence-electron chi connectivity index (χ3n) is 3.10. The van der Waals surface area contributed by atoms with Crippen LogP contribution in [0.3, 0.4) is 0 Å². The van der Waals surface area contributed by atoms with Crippen molar-refractivity contribution in [2.24, 2.45) is 0 Å². The smallest absolute Gasteiger partial charge is 0.197 e. The molecule has 100 valence electrons. The van der Waals surface area contributed by atoms with Crippen LogP contribution in [-0.4, -0.2) is 5.78 Å². The number of nitrogen functional groups attached to an aromatic ring is 1. The van der Waals surface area contributed by atoms with Crippen LogP contribution in [0, 0.1) is 6.92 Å². The SMILES string of the molecule is CCCc1sc(N)c(C(=O)c2ccccc2Cl)c1C. The van der Waals surface area contributed by atoms with E-state index in [1.54, 1.807) is 12.1 Å². The maximum absolute atomic E-state index is 12.6. The molecule has 0 radical (unpaired) electrons. The molecule has 1 heterocycles. The van der Waals surface area contributed by atoms with E-state index >= 15 is 0 Å². The summed E-state index contributed by atoms with van der Waals surface area (Å²) < 4.78 is 0. The van der Waals surface area contributed by atoms with E-state index in [0.29, 0.717) is 21.2 Å². The average Bonchev–Trinajstić information content (AvgIpc) is 2.65. The van der Waals surface area contributed by atoms with Gasteiger partial charge in [0, 0.05) is 10.4 Å². The highest BCUT2D eigenvalue weighted by Gasteiger charge is 2.21. The molecule has 0 amide bonds. The van der Waals surface area contributed by atoms with Crippen LogP contribution < -0.4 is 5.73 Å². The van der Waals surface area contributed by atoms with Crippen LogP contribution in [0.2, 0.25) is 5.02 Å². The van der Waals surface area contributed by atoms with Gasteiger partial charge in [0.25, 0.3) is 0 Å². The van der Waals surface area contributed by atoms with Crippen molar-refractivity contribution < 1.29 is 4.79 Å². The van der Waals surface area contributed by atoms with Gasteiger partial charge in [-0.2, -0.15) is 0 Å². The number of carbonyl (C=O) groups is 1. The maximum Gasteiger partial charge on any atom is 0.197 e.